The Morgan fingerprint density at radius 2 is 1.44 bits per heavy atom. The van der Waals surface area contributed by atoms with Gasteiger partial charge in [0, 0.05) is 6.08 Å². The van der Waals surface area contributed by atoms with Crippen molar-refractivity contribution in [2.75, 3.05) is 6.61 Å². The van der Waals surface area contributed by atoms with Crippen LogP contribution in [0.2, 0.25) is 0 Å². The largest absolute Gasteiger partial charge is 0.504 e. The number of unbranched alkanes of at least 4 members (excludes halogenated alkanes) is 11. The van der Waals surface area contributed by atoms with Gasteiger partial charge in [-0.1, -0.05) is 90.0 Å². The first kappa shape index (κ1) is 29.9. The van der Waals surface area contributed by atoms with Gasteiger partial charge in [0.05, 0.1) is 18.8 Å². The molecule has 194 valence electrons. The molecule has 0 unspecified atom stereocenters. The molecule has 0 bridgehead atoms. The van der Waals surface area contributed by atoms with Crippen molar-refractivity contribution >= 4 is 12.0 Å². The average Bonchev–Trinajstić information content (AvgIpc) is 2.83. The maximum atomic E-state index is 12.1. The van der Waals surface area contributed by atoms with Crippen LogP contribution in [0.15, 0.2) is 24.3 Å². The number of aliphatic hydroxyl groups excluding tert-OH is 3. The average molecular weight is 480 g/mol. The van der Waals surface area contributed by atoms with E-state index in [-0.39, 0.29) is 11.5 Å². The van der Waals surface area contributed by atoms with E-state index in [2.05, 4.69) is 12.2 Å². The van der Waals surface area contributed by atoms with Crippen molar-refractivity contribution in [2.45, 2.75) is 109 Å². The van der Waals surface area contributed by atoms with Gasteiger partial charge < -0.3 is 30.8 Å². The molecule has 1 aromatic rings. The normalized spacial score (nSPS) is 14.2. The van der Waals surface area contributed by atoms with Crippen LogP contribution < -0.4 is 5.32 Å². The molecule has 0 saturated carbocycles. The highest BCUT2D eigenvalue weighted by atomic mass is 16.3. The molecule has 0 fully saturated rings. The maximum absolute atomic E-state index is 12.1. The van der Waals surface area contributed by atoms with E-state index < -0.39 is 30.8 Å². The highest BCUT2D eigenvalue weighted by molar-refractivity contribution is 5.92. The third-order valence-corrected chi connectivity index (χ3v) is 6.11. The standard InChI is InChI=1S/C27H45NO6/c1-2-3-4-5-6-7-8-9-10-11-12-13-14-24(31)27(34)22(20-29)28-26(33)18-16-21-15-17-23(30)25(32)19-21/h15-19,22,24,27,29-32,34H,2-14,20H2,1H3,(H,28,33)/b18-16+/t22-,24+,27-/m0/s1. The highest BCUT2D eigenvalue weighted by Crippen LogP contribution is 2.25. The molecular weight excluding hydrogens is 434 g/mol. The molecule has 0 radical (unpaired) electrons. The second-order valence-electron chi connectivity index (χ2n) is 9.11. The molecule has 3 atom stereocenters. The first-order valence-electron chi connectivity index (χ1n) is 12.9. The summed E-state index contributed by atoms with van der Waals surface area (Å²) < 4.78 is 0. The summed E-state index contributed by atoms with van der Waals surface area (Å²) in [6, 6.07) is 3.14. The minimum absolute atomic E-state index is 0.257. The van der Waals surface area contributed by atoms with E-state index in [1.54, 1.807) is 0 Å². The minimum atomic E-state index is -1.27. The van der Waals surface area contributed by atoms with Crippen molar-refractivity contribution in [3.63, 3.8) is 0 Å². The Morgan fingerprint density at radius 3 is 1.97 bits per heavy atom. The van der Waals surface area contributed by atoms with Gasteiger partial charge in [-0.15, -0.1) is 0 Å². The van der Waals surface area contributed by atoms with Gasteiger partial charge in [-0.2, -0.15) is 0 Å². The molecule has 6 N–H and O–H groups in total. The summed E-state index contributed by atoms with van der Waals surface area (Å²) in [4.78, 5) is 12.1. The minimum Gasteiger partial charge on any atom is -0.504 e. The van der Waals surface area contributed by atoms with Crippen LogP contribution in [0.5, 0.6) is 11.5 Å². The summed E-state index contributed by atoms with van der Waals surface area (Å²) in [5.74, 6) is -1.11. The van der Waals surface area contributed by atoms with Crippen LogP contribution in [0.3, 0.4) is 0 Å². The lowest BCUT2D eigenvalue weighted by atomic mass is 9.99. The van der Waals surface area contributed by atoms with E-state index in [0.717, 1.165) is 19.3 Å². The Balaban J connectivity index is 2.22. The number of nitrogens with one attached hydrogen (secondary N) is 1. The Labute approximate surface area is 204 Å². The number of benzene rings is 1. The monoisotopic (exact) mass is 479 g/mol. The van der Waals surface area contributed by atoms with E-state index >= 15 is 0 Å². The van der Waals surface area contributed by atoms with Crippen molar-refractivity contribution in [1.82, 2.24) is 5.32 Å². The van der Waals surface area contributed by atoms with Crippen LogP contribution in [-0.2, 0) is 4.79 Å². The zero-order valence-corrected chi connectivity index (χ0v) is 20.7. The fourth-order valence-electron chi connectivity index (χ4n) is 3.92. The van der Waals surface area contributed by atoms with Gasteiger partial charge in [0.1, 0.15) is 6.10 Å². The van der Waals surface area contributed by atoms with E-state index in [1.165, 1.54) is 88.1 Å². The number of aliphatic hydroxyl groups is 3. The first-order chi connectivity index (χ1) is 16.4. The van der Waals surface area contributed by atoms with Crippen molar-refractivity contribution in [3.05, 3.63) is 29.8 Å². The summed E-state index contributed by atoms with van der Waals surface area (Å²) in [7, 11) is 0. The van der Waals surface area contributed by atoms with E-state index in [9.17, 15) is 30.3 Å². The summed E-state index contributed by atoms with van der Waals surface area (Å²) in [5.41, 5.74) is 0.499. The van der Waals surface area contributed by atoms with Crippen molar-refractivity contribution in [3.8, 4) is 11.5 Å². The summed E-state index contributed by atoms with van der Waals surface area (Å²) in [6.07, 6.45) is 15.3. The smallest absolute Gasteiger partial charge is 0.244 e. The Hall–Kier alpha value is -2.09. The maximum Gasteiger partial charge on any atom is 0.244 e. The second-order valence-corrected chi connectivity index (χ2v) is 9.11. The molecule has 1 rings (SSSR count). The zero-order chi connectivity index (χ0) is 25.2. The molecule has 0 aromatic heterocycles. The van der Waals surface area contributed by atoms with Gasteiger partial charge in [-0.05, 0) is 30.2 Å². The fourth-order valence-corrected chi connectivity index (χ4v) is 3.92. The molecule has 7 heteroatoms. The molecule has 1 amide bonds. The molecule has 0 aliphatic rings. The molecule has 0 saturated heterocycles. The number of amides is 1. The first-order valence-corrected chi connectivity index (χ1v) is 12.9. The number of hydrogen-bond donors (Lipinski definition) is 6. The topological polar surface area (TPSA) is 130 Å². The number of carbonyl (C=O) groups is 1. The molecule has 0 aliphatic heterocycles. The number of hydrogen-bond acceptors (Lipinski definition) is 6. The van der Waals surface area contributed by atoms with Gasteiger partial charge in [0.15, 0.2) is 11.5 Å². The Bertz CT molecular complexity index is 708. The van der Waals surface area contributed by atoms with E-state index in [1.807, 2.05) is 0 Å². The van der Waals surface area contributed by atoms with E-state index in [4.69, 9.17) is 0 Å². The fraction of sp³-hybridized carbons (Fsp3) is 0.667. The van der Waals surface area contributed by atoms with Crippen LogP contribution in [0.1, 0.15) is 96.0 Å². The Morgan fingerprint density at radius 1 is 0.882 bits per heavy atom. The van der Waals surface area contributed by atoms with Crippen LogP contribution in [0.25, 0.3) is 6.08 Å². The van der Waals surface area contributed by atoms with Crippen LogP contribution in [0, 0.1) is 0 Å². The van der Waals surface area contributed by atoms with E-state index in [0.29, 0.717) is 12.0 Å². The Kier molecular flexibility index (Phi) is 16.1. The predicted molar refractivity (Wildman–Crippen MR) is 136 cm³/mol. The van der Waals surface area contributed by atoms with Crippen LogP contribution in [-0.4, -0.2) is 56.3 Å². The number of phenolic OH excluding ortho intramolecular Hbond substituents is 2. The summed E-state index contributed by atoms with van der Waals surface area (Å²) in [5, 5.41) is 51.5. The predicted octanol–water partition coefficient (Wildman–Crippen LogP) is 4.40. The van der Waals surface area contributed by atoms with Crippen molar-refractivity contribution < 1.29 is 30.3 Å². The SMILES string of the molecule is CCCCCCCCCCCCCC[C@@H](O)[C@@H](O)[C@H](CO)NC(=O)/C=C/c1ccc(O)c(O)c1. The number of rotatable bonds is 19. The second kappa shape index (κ2) is 18.3. The van der Waals surface area contributed by atoms with Gasteiger partial charge in [-0.25, -0.2) is 0 Å². The van der Waals surface area contributed by atoms with Gasteiger partial charge in [0.25, 0.3) is 0 Å². The third kappa shape index (κ3) is 13.0. The van der Waals surface area contributed by atoms with Crippen LogP contribution in [0.4, 0.5) is 0 Å². The summed E-state index contributed by atoms with van der Waals surface area (Å²) >= 11 is 0. The molecule has 0 aliphatic carbocycles. The number of aromatic hydroxyl groups is 2. The zero-order valence-electron chi connectivity index (χ0n) is 20.7. The van der Waals surface area contributed by atoms with Gasteiger partial charge >= 0.3 is 0 Å². The number of carbonyl (C=O) groups excluding carboxylic acids is 1. The summed E-state index contributed by atoms with van der Waals surface area (Å²) in [6.45, 7) is 1.73. The lowest BCUT2D eigenvalue weighted by Gasteiger charge is -2.26. The molecule has 1 aromatic carbocycles. The van der Waals surface area contributed by atoms with Gasteiger partial charge in [-0.3, -0.25) is 4.79 Å². The molecule has 0 heterocycles. The van der Waals surface area contributed by atoms with Crippen molar-refractivity contribution in [2.24, 2.45) is 0 Å². The lowest BCUT2D eigenvalue weighted by molar-refractivity contribution is -0.119. The highest BCUT2D eigenvalue weighted by Gasteiger charge is 2.26. The van der Waals surface area contributed by atoms with Crippen LogP contribution >= 0.6 is 0 Å². The molecular formula is C27H45NO6. The molecule has 34 heavy (non-hydrogen) atoms. The lowest BCUT2D eigenvalue weighted by Crippen LogP contribution is -2.50. The number of phenols is 2. The molecule has 7 nitrogen and oxygen atoms in total. The van der Waals surface area contributed by atoms with Gasteiger partial charge in [0.2, 0.25) is 5.91 Å². The third-order valence-electron chi connectivity index (χ3n) is 6.11. The van der Waals surface area contributed by atoms with Crippen molar-refractivity contribution in [1.29, 1.82) is 0 Å². The quantitative estimate of drug-likeness (QED) is 0.0991. The molecule has 0 spiro atoms.